The first kappa shape index (κ1) is 12.7. The van der Waals surface area contributed by atoms with Crippen LogP contribution in [0, 0.1) is 10.1 Å². The van der Waals surface area contributed by atoms with Crippen LogP contribution in [-0.2, 0) is 0 Å². The molecule has 0 unspecified atom stereocenters. The maximum absolute atomic E-state index is 10.8. The zero-order valence-electron chi connectivity index (χ0n) is 9.60. The molecule has 0 bridgehead atoms. The minimum atomic E-state index is -0.455. The zero-order chi connectivity index (χ0) is 13.1. The van der Waals surface area contributed by atoms with Gasteiger partial charge in [0.2, 0.25) is 5.13 Å². The molecule has 0 aromatic carbocycles. The average Bonchev–Trinajstić information content (AvgIpc) is 2.78. The van der Waals surface area contributed by atoms with Crippen LogP contribution in [-0.4, -0.2) is 34.2 Å². The van der Waals surface area contributed by atoms with Crippen molar-refractivity contribution in [3.8, 4) is 0 Å². The first-order valence-electron chi connectivity index (χ1n) is 4.85. The van der Waals surface area contributed by atoms with Gasteiger partial charge in [0.1, 0.15) is 6.20 Å². The summed E-state index contributed by atoms with van der Waals surface area (Å²) in [6.45, 7) is 0. The van der Waals surface area contributed by atoms with Crippen molar-refractivity contribution < 1.29 is 4.92 Å². The van der Waals surface area contributed by atoms with E-state index in [9.17, 15) is 10.1 Å². The summed E-state index contributed by atoms with van der Waals surface area (Å²) in [5.41, 5.74) is -0.0240. The van der Waals surface area contributed by atoms with Crippen LogP contribution < -0.4 is 4.90 Å². The predicted molar refractivity (Wildman–Crippen MR) is 69.3 cm³/mol. The molecule has 0 aliphatic rings. The van der Waals surface area contributed by atoms with Gasteiger partial charge in [-0.3, -0.25) is 15.1 Å². The van der Waals surface area contributed by atoms with E-state index in [1.165, 1.54) is 35.5 Å². The fourth-order valence-corrected chi connectivity index (χ4v) is 2.91. The molecule has 18 heavy (non-hydrogen) atoms. The highest BCUT2D eigenvalue weighted by molar-refractivity contribution is 8.01. The summed E-state index contributed by atoms with van der Waals surface area (Å²) in [7, 11) is 3.73. The summed E-state index contributed by atoms with van der Waals surface area (Å²) in [5, 5.41) is 19.5. The van der Waals surface area contributed by atoms with E-state index in [1.54, 1.807) is 6.07 Å². The summed E-state index contributed by atoms with van der Waals surface area (Å²) < 4.78 is 0.660. The number of pyridine rings is 1. The molecule has 94 valence electrons. The molecule has 0 amide bonds. The normalized spacial score (nSPS) is 10.3. The van der Waals surface area contributed by atoms with Gasteiger partial charge in [0.05, 0.1) is 9.82 Å². The molecular formula is C9H9N5O2S2. The van der Waals surface area contributed by atoms with Crippen LogP contribution in [0.15, 0.2) is 27.7 Å². The Morgan fingerprint density at radius 3 is 2.83 bits per heavy atom. The zero-order valence-corrected chi connectivity index (χ0v) is 11.2. The third-order valence-electron chi connectivity index (χ3n) is 1.93. The Morgan fingerprint density at radius 2 is 2.22 bits per heavy atom. The molecule has 0 saturated heterocycles. The van der Waals surface area contributed by atoms with Gasteiger partial charge >= 0.3 is 5.69 Å². The Morgan fingerprint density at radius 1 is 1.44 bits per heavy atom. The molecule has 0 aliphatic heterocycles. The van der Waals surface area contributed by atoms with Crippen LogP contribution in [0.5, 0.6) is 0 Å². The highest BCUT2D eigenvalue weighted by Gasteiger charge is 2.16. The SMILES string of the molecule is CN(C)c1nnc(Sc2ccncc2[N+](=O)[O-])s1. The number of hydrogen-bond donors (Lipinski definition) is 0. The van der Waals surface area contributed by atoms with E-state index in [0.29, 0.717) is 9.24 Å². The van der Waals surface area contributed by atoms with Gasteiger partial charge in [0.15, 0.2) is 4.34 Å². The minimum absolute atomic E-state index is 0.0240. The lowest BCUT2D eigenvalue weighted by Gasteiger charge is -2.03. The van der Waals surface area contributed by atoms with Crippen LogP contribution in [0.1, 0.15) is 0 Å². The number of nitro groups is 1. The van der Waals surface area contributed by atoms with Crippen LogP contribution in [0.4, 0.5) is 10.8 Å². The first-order chi connectivity index (χ1) is 8.58. The van der Waals surface area contributed by atoms with Crippen molar-refractivity contribution >= 4 is 33.9 Å². The van der Waals surface area contributed by atoms with Gasteiger partial charge in [-0.25, -0.2) is 0 Å². The van der Waals surface area contributed by atoms with E-state index < -0.39 is 4.92 Å². The van der Waals surface area contributed by atoms with Crippen molar-refractivity contribution in [2.24, 2.45) is 0 Å². The lowest BCUT2D eigenvalue weighted by atomic mass is 10.4. The molecule has 2 aromatic heterocycles. The number of nitrogens with zero attached hydrogens (tertiary/aromatic N) is 5. The molecule has 2 aromatic rings. The van der Waals surface area contributed by atoms with Crippen molar-refractivity contribution in [2.45, 2.75) is 9.24 Å². The van der Waals surface area contributed by atoms with Crippen molar-refractivity contribution in [3.63, 3.8) is 0 Å². The Labute approximate surface area is 111 Å². The maximum atomic E-state index is 10.8. The largest absolute Gasteiger partial charge is 0.353 e. The molecule has 7 nitrogen and oxygen atoms in total. The van der Waals surface area contributed by atoms with E-state index in [-0.39, 0.29) is 5.69 Å². The lowest BCUT2D eigenvalue weighted by Crippen LogP contribution is -2.07. The van der Waals surface area contributed by atoms with Gasteiger partial charge in [0, 0.05) is 20.3 Å². The molecule has 0 fully saturated rings. The molecule has 2 rings (SSSR count). The molecule has 0 aliphatic carbocycles. The Balaban J connectivity index is 2.25. The minimum Gasteiger partial charge on any atom is -0.353 e. The number of rotatable bonds is 4. The van der Waals surface area contributed by atoms with Crippen LogP contribution in [0.3, 0.4) is 0 Å². The smallest absolute Gasteiger partial charge is 0.301 e. The summed E-state index contributed by atoms with van der Waals surface area (Å²) in [5.74, 6) is 0. The van der Waals surface area contributed by atoms with Crippen molar-refractivity contribution in [1.82, 2.24) is 15.2 Å². The van der Waals surface area contributed by atoms with E-state index in [4.69, 9.17) is 0 Å². The van der Waals surface area contributed by atoms with E-state index >= 15 is 0 Å². The van der Waals surface area contributed by atoms with Crippen molar-refractivity contribution in [1.29, 1.82) is 0 Å². The number of hydrogen-bond acceptors (Lipinski definition) is 8. The summed E-state index contributed by atoms with van der Waals surface area (Å²) in [4.78, 5) is 16.5. The Bertz CT molecular complexity index is 572. The molecule has 0 atom stereocenters. The van der Waals surface area contributed by atoms with Crippen LogP contribution >= 0.6 is 23.1 Å². The highest BCUT2D eigenvalue weighted by Crippen LogP contribution is 2.36. The topological polar surface area (TPSA) is 85.0 Å². The van der Waals surface area contributed by atoms with Crippen LogP contribution in [0.2, 0.25) is 0 Å². The summed E-state index contributed by atoms with van der Waals surface area (Å²) in [6.07, 6.45) is 2.75. The molecule has 9 heteroatoms. The second kappa shape index (κ2) is 5.27. The van der Waals surface area contributed by atoms with Gasteiger partial charge in [-0.1, -0.05) is 11.3 Å². The van der Waals surface area contributed by atoms with Gasteiger partial charge in [-0.15, -0.1) is 10.2 Å². The van der Waals surface area contributed by atoms with Gasteiger partial charge in [0.25, 0.3) is 0 Å². The molecule has 0 spiro atoms. The van der Waals surface area contributed by atoms with Gasteiger partial charge in [-0.05, 0) is 17.8 Å². The number of aromatic nitrogens is 3. The lowest BCUT2D eigenvalue weighted by molar-refractivity contribution is -0.388. The Hall–Kier alpha value is -1.74. The third kappa shape index (κ3) is 2.74. The monoisotopic (exact) mass is 283 g/mol. The average molecular weight is 283 g/mol. The first-order valence-corrected chi connectivity index (χ1v) is 6.48. The second-order valence-electron chi connectivity index (χ2n) is 3.45. The van der Waals surface area contributed by atoms with Crippen molar-refractivity contribution in [2.75, 3.05) is 19.0 Å². The summed E-state index contributed by atoms with van der Waals surface area (Å²) in [6, 6.07) is 1.60. The van der Waals surface area contributed by atoms with Gasteiger partial charge < -0.3 is 4.90 Å². The quantitative estimate of drug-likeness (QED) is 0.627. The van der Waals surface area contributed by atoms with Gasteiger partial charge in [-0.2, -0.15) is 0 Å². The Kier molecular flexibility index (Phi) is 3.72. The number of anilines is 1. The summed E-state index contributed by atoms with van der Waals surface area (Å²) >= 11 is 2.60. The maximum Gasteiger partial charge on any atom is 0.301 e. The standard InChI is InChI=1S/C9H9N5O2S2/c1-13(2)8-11-12-9(18-8)17-7-3-4-10-5-6(7)14(15)16/h3-5H,1-2H3. The van der Waals surface area contributed by atoms with Crippen LogP contribution in [0.25, 0.3) is 0 Å². The van der Waals surface area contributed by atoms with E-state index in [1.807, 2.05) is 19.0 Å². The molecule has 0 N–H and O–H groups in total. The molecule has 2 heterocycles. The van der Waals surface area contributed by atoms with E-state index in [0.717, 1.165) is 5.13 Å². The second-order valence-corrected chi connectivity index (χ2v) is 5.69. The van der Waals surface area contributed by atoms with Crippen molar-refractivity contribution in [3.05, 3.63) is 28.6 Å². The fraction of sp³-hybridized carbons (Fsp3) is 0.222. The molecule has 0 radical (unpaired) electrons. The fourth-order valence-electron chi connectivity index (χ4n) is 1.12. The highest BCUT2D eigenvalue weighted by atomic mass is 32.2. The third-order valence-corrected chi connectivity index (χ3v) is 4.14. The molecular weight excluding hydrogens is 274 g/mol. The molecule has 0 saturated carbocycles. The van der Waals surface area contributed by atoms with E-state index in [2.05, 4.69) is 15.2 Å². The predicted octanol–water partition coefficient (Wildman–Crippen LogP) is 2.06.